The van der Waals surface area contributed by atoms with Crippen LogP contribution in [0.4, 0.5) is 14.6 Å². The van der Waals surface area contributed by atoms with Gasteiger partial charge in [0.05, 0.1) is 14.2 Å². The fourth-order valence-electron chi connectivity index (χ4n) is 2.69. The van der Waals surface area contributed by atoms with Gasteiger partial charge in [0.15, 0.2) is 11.5 Å². The van der Waals surface area contributed by atoms with Crippen LogP contribution < -0.4 is 19.4 Å². The van der Waals surface area contributed by atoms with E-state index in [1.807, 2.05) is 42.3 Å². The van der Waals surface area contributed by atoms with Crippen molar-refractivity contribution in [3.05, 3.63) is 60.2 Å². The zero-order valence-corrected chi connectivity index (χ0v) is 14.0. The molecule has 0 saturated carbocycles. The van der Waals surface area contributed by atoms with Crippen LogP contribution in [0.25, 0.3) is 10.9 Å². The van der Waals surface area contributed by atoms with E-state index in [0.29, 0.717) is 6.54 Å². The molecule has 2 aromatic carbocycles. The molecule has 0 amide bonds. The van der Waals surface area contributed by atoms with Crippen molar-refractivity contribution in [2.45, 2.75) is 13.2 Å². The maximum absolute atomic E-state index is 12.4. The topological polar surface area (TPSA) is 35.8 Å². The van der Waals surface area contributed by atoms with Crippen molar-refractivity contribution in [1.29, 1.82) is 0 Å². The number of nitrogens with zero attached hydrogens (tertiary/aromatic N) is 1. The number of aromatic amines is 1. The van der Waals surface area contributed by atoms with Crippen LogP contribution in [0.2, 0.25) is 0 Å². The molecule has 130 valence electrons. The maximum Gasteiger partial charge on any atom is 0.387 e. The third-order valence-electron chi connectivity index (χ3n) is 3.92. The van der Waals surface area contributed by atoms with Crippen LogP contribution in [0.3, 0.4) is 0 Å². The predicted octanol–water partition coefficient (Wildman–Crippen LogP) is 3.90. The smallest absolute Gasteiger partial charge is 0.387 e. The number of methoxy groups -OCH3 is 1. The average molecular weight is 345 g/mol. The highest BCUT2D eigenvalue weighted by molar-refractivity contribution is 5.76. The molecule has 0 unspecified atom stereocenters. The minimum absolute atomic E-state index is 0.0289. The lowest BCUT2D eigenvalue weighted by molar-refractivity contribution is -0.330. The fraction of sp³-hybridized carbons (Fsp3) is 0.211. The molecule has 25 heavy (non-hydrogen) atoms. The van der Waals surface area contributed by atoms with Gasteiger partial charge in [0, 0.05) is 11.5 Å². The minimum Gasteiger partial charge on any atom is -0.493 e. The molecule has 0 radical (unpaired) electrons. The van der Waals surface area contributed by atoms with Crippen molar-refractivity contribution >= 4 is 16.7 Å². The van der Waals surface area contributed by atoms with Gasteiger partial charge in [-0.2, -0.15) is 8.78 Å². The molecule has 1 aromatic heterocycles. The van der Waals surface area contributed by atoms with Crippen LogP contribution in [0.15, 0.2) is 54.6 Å². The van der Waals surface area contributed by atoms with Crippen molar-refractivity contribution in [2.24, 2.45) is 0 Å². The SMILES string of the molecule is COc1cc(CN(C)c2ccc3ccccc3[nH+]2)ccc1OC(F)F. The summed E-state index contributed by atoms with van der Waals surface area (Å²) in [5.74, 6) is 1.26. The molecule has 6 heteroatoms. The molecule has 0 bridgehead atoms. The molecule has 0 aliphatic heterocycles. The number of benzene rings is 2. The molecular weight excluding hydrogens is 326 g/mol. The number of ether oxygens (including phenoxy) is 2. The summed E-state index contributed by atoms with van der Waals surface area (Å²) in [4.78, 5) is 5.42. The van der Waals surface area contributed by atoms with Gasteiger partial charge in [-0.1, -0.05) is 24.3 Å². The minimum atomic E-state index is -2.88. The Kier molecular flexibility index (Phi) is 4.97. The van der Waals surface area contributed by atoms with E-state index in [9.17, 15) is 8.78 Å². The number of aromatic nitrogens is 1. The number of pyridine rings is 1. The van der Waals surface area contributed by atoms with E-state index in [0.717, 1.165) is 22.3 Å². The van der Waals surface area contributed by atoms with Gasteiger partial charge in [-0.15, -0.1) is 0 Å². The van der Waals surface area contributed by atoms with Gasteiger partial charge < -0.3 is 9.47 Å². The quantitative estimate of drug-likeness (QED) is 0.680. The number of hydrogen-bond acceptors (Lipinski definition) is 3. The van der Waals surface area contributed by atoms with Crippen LogP contribution in [0.5, 0.6) is 11.5 Å². The zero-order valence-electron chi connectivity index (χ0n) is 14.0. The van der Waals surface area contributed by atoms with Crippen LogP contribution >= 0.6 is 0 Å². The molecule has 1 N–H and O–H groups in total. The third kappa shape index (κ3) is 3.96. The van der Waals surface area contributed by atoms with E-state index >= 15 is 0 Å². The number of H-pyrrole nitrogens is 1. The number of para-hydroxylation sites is 1. The van der Waals surface area contributed by atoms with E-state index in [-0.39, 0.29) is 11.5 Å². The Bertz CT molecular complexity index is 871. The summed E-state index contributed by atoms with van der Waals surface area (Å²) in [6, 6.07) is 17.1. The molecule has 0 aliphatic rings. The van der Waals surface area contributed by atoms with Crippen molar-refractivity contribution in [1.82, 2.24) is 0 Å². The number of fused-ring (bicyclic) bond motifs is 1. The highest BCUT2D eigenvalue weighted by atomic mass is 19.3. The second-order valence-electron chi connectivity index (χ2n) is 5.65. The Labute approximate surface area is 144 Å². The summed E-state index contributed by atoms with van der Waals surface area (Å²) >= 11 is 0. The number of alkyl halides is 2. The van der Waals surface area contributed by atoms with Crippen molar-refractivity contribution in [2.75, 3.05) is 19.1 Å². The van der Waals surface area contributed by atoms with E-state index < -0.39 is 6.61 Å². The highest BCUT2D eigenvalue weighted by Gasteiger charge is 2.15. The van der Waals surface area contributed by atoms with E-state index in [4.69, 9.17) is 4.74 Å². The number of hydrogen-bond donors (Lipinski definition) is 0. The Morgan fingerprint density at radius 2 is 1.84 bits per heavy atom. The molecule has 0 saturated heterocycles. The first-order valence-corrected chi connectivity index (χ1v) is 7.81. The van der Waals surface area contributed by atoms with Gasteiger partial charge in [-0.05, 0) is 29.8 Å². The van der Waals surface area contributed by atoms with E-state index in [1.165, 1.54) is 13.2 Å². The molecule has 0 fully saturated rings. The number of anilines is 1. The van der Waals surface area contributed by atoms with Gasteiger partial charge in [-0.25, -0.2) is 4.98 Å². The highest BCUT2D eigenvalue weighted by Crippen LogP contribution is 2.30. The van der Waals surface area contributed by atoms with Gasteiger partial charge >= 0.3 is 6.61 Å². The first-order chi connectivity index (χ1) is 12.1. The number of rotatable bonds is 6. The molecular formula is C19H19F2N2O2+. The number of nitrogens with one attached hydrogen (secondary N) is 1. The Morgan fingerprint density at radius 1 is 1.04 bits per heavy atom. The Morgan fingerprint density at radius 3 is 2.60 bits per heavy atom. The second kappa shape index (κ2) is 7.34. The lowest BCUT2D eigenvalue weighted by atomic mass is 10.2. The van der Waals surface area contributed by atoms with Gasteiger partial charge in [-0.3, -0.25) is 4.90 Å². The van der Waals surface area contributed by atoms with Crippen LogP contribution in [0.1, 0.15) is 5.56 Å². The second-order valence-corrected chi connectivity index (χ2v) is 5.65. The molecule has 0 atom stereocenters. The number of halogens is 2. The van der Waals surface area contributed by atoms with Crippen LogP contribution in [-0.2, 0) is 6.54 Å². The predicted molar refractivity (Wildman–Crippen MR) is 92.2 cm³/mol. The first kappa shape index (κ1) is 17.0. The summed E-state index contributed by atoms with van der Waals surface area (Å²) in [6.45, 7) is -2.30. The molecule has 3 aromatic rings. The van der Waals surface area contributed by atoms with Gasteiger partial charge in [0.2, 0.25) is 0 Å². The van der Waals surface area contributed by atoms with Crippen molar-refractivity contribution in [3.8, 4) is 11.5 Å². The lowest BCUT2D eigenvalue weighted by Gasteiger charge is -2.14. The largest absolute Gasteiger partial charge is 0.493 e. The maximum atomic E-state index is 12.4. The van der Waals surface area contributed by atoms with E-state index in [2.05, 4.69) is 15.8 Å². The standard InChI is InChI=1S/C19H18F2N2O2/c1-23(18-10-8-14-5-3-4-6-15(14)22-18)12-13-7-9-16(25-19(20)21)17(11-13)24-2/h3-11,19H,12H2,1-2H3/p+1. The molecule has 3 rings (SSSR count). The van der Waals surface area contributed by atoms with Crippen molar-refractivity contribution in [3.63, 3.8) is 0 Å². The van der Waals surface area contributed by atoms with Gasteiger partial charge in [0.25, 0.3) is 5.82 Å². The summed E-state index contributed by atoms with van der Waals surface area (Å²) in [5.41, 5.74) is 1.97. The summed E-state index contributed by atoms with van der Waals surface area (Å²) < 4.78 is 34.4. The molecule has 4 nitrogen and oxygen atoms in total. The molecule has 1 heterocycles. The summed E-state index contributed by atoms with van der Waals surface area (Å²) in [5, 5.41) is 1.13. The molecule has 0 spiro atoms. The summed E-state index contributed by atoms with van der Waals surface area (Å²) in [7, 11) is 3.38. The first-order valence-electron chi connectivity index (χ1n) is 7.81. The van der Waals surface area contributed by atoms with Crippen LogP contribution in [-0.4, -0.2) is 20.8 Å². The van der Waals surface area contributed by atoms with Crippen LogP contribution in [0, 0.1) is 0 Å². The monoisotopic (exact) mass is 345 g/mol. The van der Waals surface area contributed by atoms with Crippen molar-refractivity contribution < 1.29 is 23.2 Å². The Hall–Kier alpha value is -2.89. The Balaban J connectivity index is 1.80. The third-order valence-corrected chi connectivity index (χ3v) is 3.92. The average Bonchev–Trinajstić information content (AvgIpc) is 2.62. The fourth-order valence-corrected chi connectivity index (χ4v) is 2.69. The zero-order chi connectivity index (χ0) is 17.8. The lowest BCUT2D eigenvalue weighted by Crippen LogP contribution is -2.24. The van der Waals surface area contributed by atoms with E-state index in [1.54, 1.807) is 12.1 Å². The summed E-state index contributed by atoms with van der Waals surface area (Å²) in [6.07, 6.45) is 0. The molecule has 0 aliphatic carbocycles. The normalized spacial score (nSPS) is 10.9. The van der Waals surface area contributed by atoms with Gasteiger partial charge in [0.1, 0.15) is 12.1 Å².